The van der Waals surface area contributed by atoms with Gasteiger partial charge in [0.25, 0.3) is 0 Å². The number of benzene rings is 2. The maximum absolute atomic E-state index is 12.0. The van der Waals surface area contributed by atoms with Crippen molar-refractivity contribution >= 4 is 17.1 Å². The first-order valence-corrected chi connectivity index (χ1v) is 12.6. The molecule has 0 N–H and O–H groups in total. The van der Waals surface area contributed by atoms with Crippen molar-refractivity contribution in [1.29, 1.82) is 0 Å². The lowest BCUT2D eigenvalue weighted by atomic mass is 9.99. The van der Waals surface area contributed by atoms with E-state index < -0.39 is 5.60 Å². The number of nitrogens with zero attached hydrogens (tertiary/aromatic N) is 2. The van der Waals surface area contributed by atoms with E-state index in [9.17, 15) is 4.79 Å². The van der Waals surface area contributed by atoms with Crippen LogP contribution in [0.5, 0.6) is 11.6 Å². The monoisotopic (exact) mass is 502 g/mol. The van der Waals surface area contributed by atoms with Crippen LogP contribution in [0.3, 0.4) is 0 Å². The van der Waals surface area contributed by atoms with Crippen molar-refractivity contribution in [3.8, 4) is 34.1 Å². The molecule has 0 aliphatic heterocycles. The van der Waals surface area contributed by atoms with Gasteiger partial charge >= 0.3 is 5.97 Å². The SMILES string of the molecule is COc1ccc(-c2c(-c3ccccc3)oc3ncnc(O[C@@H](C)CCCCC(=O)OC(C)(C)C)c23)cc1. The Balaban J connectivity index is 1.58. The summed E-state index contributed by atoms with van der Waals surface area (Å²) < 4.78 is 23.3. The first-order valence-electron chi connectivity index (χ1n) is 12.6. The molecule has 1 atom stereocenters. The molecule has 0 saturated heterocycles. The van der Waals surface area contributed by atoms with Crippen LogP contribution < -0.4 is 9.47 Å². The predicted octanol–water partition coefficient (Wildman–Crippen LogP) is 7.23. The average Bonchev–Trinajstić information content (AvgIpc) is 3.27. The Morgan fingerprint density at radius 2 is 1.70 bits per heavy atom. The standard InChI is InChI=1S/C30H34N2O5/c1-20(11-9-10-14-24(33)37-30(2,3)4)35-28-26-25(21-15-17-23(34-5)18-16-21)27(22-12-7-6-8-13-22)36-29(26)32-19-31-28/h6-8,12-13,15-20H,9-11,14H2,1-5H3/t20-/m0/s1. The molecule has 0 aliphatic carbocycles. The zero-order valence-electron chi connectivity index (χ0n) is 22.1. The maximum Gasteiger partial charge on any atom is 0.306 e. The molecule has 0 bridgehead atoms. The van der Waals surface area contributed by atoms with Gasteiger partial charge in [-0.3, -0.25) is 4.79 Å². The lowest BCUT2D eigenvalue weighted by Crippen LogP contribution is -2.23. The zero-order valence-corrected chi connectivity index (χ0v) is 22.1. The third-order valence-corrected chi connectivity index (χ3v) is 5.84. The number of carbonyl (C=O) groups is 1. The van der Waals surface area contributed by atoms with E-state index in [2.05, 4.69) is 9.97 Å². The largest absolute Gasteiger partial charge is 0.497 e. The fourth-order valence-corrected chi connectivity index (χ4v) is 4.17. The maximum atomic E-state index is 12.0. The molecule has 2 aromatic heterocycles. The highest BCUT2D eigenvalue weighted by molar-refractivity contribution is 6.03. The first kappa shape index (κ1) is 26.2. The third-order valence-electron chi connectivity index (χ3n) is 5.84. The molecule has 37 heavy (non-hydrogen) atoms. The number of hydrogen-bond acceptors (Lipinski definition) is 7. The minimum atomic E-state index is -0.462. The molecule has 2 aromatic carbocycles. The van der Waals surface area contributed by atoms with Gasteiger partial charge < -0.3 is 18.6 Å². The van der Waals surface area contributed by atoms with Crippen LogP contribution in [0.2, 0.25) is 0 Å². The second-order valence-electron chi connectivity index (χ2n) is 10.0. The zero-order chi connectivity index (χ0) is 26.4. The van der Waals surface area contributed by atoms with E-state index in [1.54, 1.807) is 7.11 Å². The van der Waals surface area contributed by atoms with Crippen molar-refractivity contribution in [3.05, 3.63) is 60.9 Å². The molecule has 4 aromatic rings. The Bertz CT molecular complexity index is 1320. The van der Waals surface area contributed by atoms with E-state index in [-0.39, 0.29) is 12.1 Å². The number of fused-ring (bicyclic) bond motifs is 1. The van der Waals surface area contributed by atoms with Crippen LogP contribution in [-0.2, 0) is 9.53 Å². The Morgan fingerprint density at radius 1 is 0.973 bits per heavy atom. The van der Waals surface area contributed by atoms with Crippen molar-refractivity contribution < 1.29 is 23.4 Å². The fourth-order valence-electron chi connectivity index (χ4n) is 4.17. The lowest BCUT2D eigenvalue weighted by molar-refractivity contribution is -0.154. The average molecular weight is 503 g/mol. The Kier molecular flexibility index (Phi) is 8.11. The smallest absolute Gasteiger partial charge is 0.306 e. The molecule has 0 amide bonds. The van der Waals surface area contributed by atoms with Crippen LogP contribution in [0, 0.1) is 0 Å². The predicted molar refractivity (Wildman–Crippen MR) is 144 cm³/mol. The number of ether oxygens (including phenoxy) is 3. The summed E-state index contributed by atoms with van der Waals surface area (Å²) in [6.45, 7) is 7.64. The topological polar surface area (TPSA) is 83.7 Å². The number of esters is 1. The van der Waals surface area contributed by atoms with Gasteiger partial charge in [0.05, 0.1) is 13.2 Å². The van der Waals surface area contributed by atoms with Gasteiger partial charge in [0.1, 0.15) is 28.8 Å². The summed E-state index contributed by atoms with van der Waals surface area (Å²) in [7, 11) is 1.65. The normalized spacial score (nSPS) is 12.4. The number of furan rings is 1. The number of rotatable bonds is 10. The Labute approximate surface area is 217 Å². The van der Waals surface area contributed by atoms with E-state index in [0.29, 0.717) is 23.8 Å². The number of aromatic nitrogens is 2. The molecule has 7 heteroatoms. The highest BCUT2D eigenvalue weighted by Gasteiger charge is 2.24. The number of carbonyl (C=O) groups excluding carboxylic acids is 1. The van der Waals surface area contributed by atoms with Crippen molar-refractivity contribution in [2.75, 3.05) is 7.11 Å². The summed E-state index contributed by atoms with van der Waals surface area (Å²) in [5.74, 6) is 1.78. The van der Waals surface area contributed by atoms with E-state index in [4.69, 9.17) is 18.6 Å². The van der Waals surface area contributed by atoms with Gasteiger partial charge in [0.2, 0.25) is 11.6 Å². The molecule has 4 rings (SSSR count). The van der Waals surface area contributed by atoms with Crippen LogP contribution in [0.15, 0.2) is 65.3 Å². The van der Waals surface area contributed by atoms with Crippen LogP contribution in [-0.4, -0.2) is 34.8 Å². The number of methoxy groups -OCH3 is 1. The van der Waals surface area contributed by atoms with E-state index in [0.717, 1.165) is 47.1 Å². The van der Waals surface area contributed by atoms with Crippen LogP contribution in [0.4, 0.5) is 0 Å². The molecule has 194 valence electrons. The summed E-state index contributed by atoms with van der Waals surface area (Å²) in [5, 5.41) is 0.729. The summed E-state index contributed by atoms with van der Waals surface area (Å²) in [6.07, 6.45) is 4.09. The van der Waals surface area contributed by atoms with Gasteiger partial charge in [-0.05, 0) is 64.7 Å². The minimum Gasteiger partial charge on any atom is -0.497 e. The third kappa shape index (κ3) is 6.67. The molecular formula is C30H34N2O5. The molecule has 2 heterocycles. The fraction of sp³-hybridized carbons (Fsp3) is 0.367. The highest BCUT2D eigenvalue weighted by atomic mass is 16.6. The van der Waals surface area contributed by atoms with Crippen molar-refractivity contribution in [1.82, 2.24) is 9.97 Å². The van der Waals surface area contributed by atoms with E-state index in [1.165, 1.54) is 6.33 Å². The molecule has 0 unspecified atom stereocenters. The highest BCUT2D eigenvalue weighted by Crippen LogP contribution is 2.43. The van der Waals surface area contributed by atoms with Crippen LogP contribution in [0.25, 0.3) is 33.6 Å². The summed E-state index contributed by atoms with van der Waals surface area (Å²) in [5.41, 5.74) is 2.76. The molecule has 0 radical (unpaired) electrons. The number of unbranched alkanes of at least 4 members (excludes halogenated alkanes) is 1. The second-order valence-corrected chi connectivity index (χ2v) is 10.0. The summed E-state index contributed by atoms with van der Waals surface area (Å²) in [6, 6.07) is 17.8. The first-order chi connectivity index (χ1) is 17.7. The Morgan fingerprint density at radius 3 is 2.38 bits per heavy atom. The molecule has 0 spiro atoms. The van der Waals surface area contributed by atoms with E-state index >= 15 is 0 Å². The van der Waals surface area contributed by atoms with Crippen LogP contribution in [0.1, 0.15) is 53.4 Å². The van der Waals surface area contributed by atoms with E-state index in [1.807, 2.05) is 82.3 Å². The van der Waals surface area contributed by atoms with Gasteiger partial charge in [-0.1, -0.05) is 42.5 Å². The molecular weight excluding hydrogens is 468 g/mol. The number of hydrogen-bond donors (Lipinski definition) is 0. The minimum absolute atomic E-state index is 0.115. The van der Waals surface area contributed by atoms with Crippen LogP contribution >= 0.6 is 0 Å². The molecule has 0 fully saturated rings. The van der Waals surface area contributed by atoms with Gasteiger partial charge in [-0.25, -0.2) is 9.97 Å². The molecule has 7 nitrogen and oxygen atoms in total. The van der Waals surface area contributed by atoms with Gasteiger partial charge in [0.15, 0.2) is 0 Å². The quantitative estimate of drug-likeness (QED) is 0.167. The van der Waals surface area contributed by atoms with Gasteiger partial charge in [-0.2, -0.15) is 0 Å². The van der Waals surface area contributed by atoms with Gasteiger partial charge in [0, 0.05) is 17.5 Å². The lowest BCUT2D eigenvalue weighted by Gasteiger charge is -2.19. The second kappa shape index (κ2) is 11.5. The van der Waals surface area contributed by atoms with Crippen molar-refractivity contribution in [2.24, 2.45) is 0 Å². The summed E-state index contributed by atoms with van der Waals surface area (Å²) in [4.78, 5) is 20.9. The molecule has 0 aliphatic rings. The van der Waals surface area contributed by atoms with Crippen molar-refractivity contribution in [2.45, 2.75) is 65.1 Å². The Hall–Kier alpha value is -3.87. The summed E-state index contributed by atoms with van der Waals surface area (Å²) >= 11 is 0. The molecule has 0 saturated carbocycles. The van der Waals surface area contributed by atoms with Gasteiger partial charge in [-0.15, -0.1) is 0 Å². The van der Waals surface area contributed by atoms with Crippen molar-refractivity contribution in [3.63, 3.8) is 0 Å².